The second-order valence-corrected chi connectivity index (χ2v) is 4.86. The van der Waals surface area contributed by atoms with Gasteiger partial charge in [-0.1, -0.05) is 42.5 Å². The minimum Gasteiger partial charge on any atom is -0.488 e. The lowest BCUT2D eigenvalue weighted by Crippen LogP contribution is -2.12. The van der Waals surface area contributed by atoms with Crippen LogP contribution in [-0.2, 0) is 6.61 Å². The molecule has 0 aliphatic rings. The van der Waals surface area contributed by atoms with Crippen molar-refractivity contribution in [1.29, 1.82) is 5.26 Å². The Morgan fingerprint density at radius 2 is 1.83 bits per heavy atom. The maximum absolute atomic E-state index is 11.8. The number of para-hydroxylation sites is 1. The molecule has 0 aliphatic carbocycles. The Labute approximate surface area is 132 Å². The van der Waals surface area contributed by atoms with Gasteiger partial charge in [-0.2, -0.15) is 5.26 Å². The Balaban J connectivity index is 1.90. The quantitative estimate of drug-likeness (QED) is 0.803. The van der Waals surface area contributed by atoms with Gasteiger partial charge < -0.3 is 9.72 Å². The standard InChI is InChI=1S/C18H13N3O2/c19-10-14-11-20-17(21-18(14)22)15-8-4-5-9-16(15)23-12-13-6-2-1-3-7-13/h1-9,11H,12H2,(H,20,21,22). The summed E-state index contributed by atoms with van der Waals surface area (Å²) in [5.74, 6) is 0.988. The third kappa shape index (κ3) is 3.27. The van der Waals surface area contributed by atoms with Crippen LogP contribution in [0, 0.1) is 11.3 Å². The predicted octanol–water partition coefficient (Wildman–Crippen LogP) is 2.89. The van der Waals surface area contributed by atoms with Crippen molar-refractivity contribution < 1.29 is 4.74 Å². The molecule has 0 amide bonds. The van der Waals surface area contributed by atoms with Gasteiger partial charge in [-0.3, -0.25) is 4.79 Å². The van der Waals surface area contributed by atoms with Gasteiger partial charge in [-0.15, -0.1) is 0 Å². The molecule has 5 heteroatoms. The Bertz CT molecular complexity index is 911. The molecule has 1 heterocycles. The second-order valence-electron chi connectivity index (χ2n) is 4.86. The summed E-state index contributed by atoms with van der Waals surface area (Å²) in [5, 5.41) is 8.81. The Morgan fingerprint density at radius 3 is 2.57 bits per heavy atom. The van der Waals surface area contributed by atoms with E-state index in [-0.39, 0.29) is 5.56 Å². The normalized spacial score (nSPS) is 10.0. The van der Waals surface area contributed by atoms with Crippen molar-refractivity contribution in [2.45, 2.75) is 6.61 Å². The minimum absolute atomic E-state index is 0.0172. The number of hydrogen-bond donors (Lipinski definition) is 1. The summed E-state index contributed by atoms with van der Waals surface area (Å²) < 4.78 is 5.85. The molecular weight excluding hydrogens is 290 g/mol. The highest BCUT2D eigenvalue weighted by Gasteiger charge is 2.10. The number of aromatic nitrogens is 2. The van der Waals surface area contributed by atoms with Gasteiger partial charge in [-0.25, -0.2) is 4.98 Å². The molecule has 5 nitrogen and oxygen atoms in total. The fourth-order valence-corrected chi connectivity index (χ4v) is 2.13. The SMILES string of the molecule is N#Cc1cnc(-c2ccccc2OCc2ccccc2)[nH]c1=O. The Hall–Kier alpha value is -3.39. The van der Waals surface area contributed by atoms with Gasteiger partial charge >= 0.3 is 0 Å². The van der Waals surface area contributed by atoms with E-state index in [1.54, 1.807) is 6.07 Å². The molecule has 0 atom stereocenters. The zero-order valence-corrected chi connectivity index (χ0v) is 12.2. The van der Waals surface area contributed by atoms with Crippen LogP contribution < -0.4 is 10.3 Å². The summed E-state index contributed by atoms with van der Waals surface area (Å²) in [6, 6.07) is 18.9. The van der Waals surface area contributed by atoms with Crippen LogP contribution in [0.25, 0.3) is 11.4 Å². The highest BCUT2D eigenvalue weighted by Crippen LogP contribution is 2.27. The third-order valence-corrected chi connectivity index (χ3v) is 3.30. The predicted molar refractivity (Wildman–Crippen MR) is 85.8 cm³/mol. The van der Waals surface area contributed by atoms with E-state index in [1.165, 1.54) is 6.20 Å². The van der Waals surface area contributed by atoms with Crippen LogP contribution in [0.15, 0.2) is 65.6 Å². The molecule has 0 bridgehead atoms. The maximum Gasteiger partial charge on any atom is 0.269 e. The Morgan fingerprint density at radius 1 is 1.09 bits per heavy atom. The van der Waals surface area contributed by atoms with E-state index >= 15 is 0 Å². The van der Waals surface area contributed by atoms with Crippen molar-refractivity contribution in [2.75, 3.05) is 0 Å². The molecule has 0 saturated carbocycles. The van der Waals surface area contributed by atoms with E-state index in [1.807, 2.05) is 54.6 Å². The molecule has 0 spiro atoms. The lowest BCUT2D eigenvalue weighted by molar-refractivity contribution is 0.307. The lowest BCUT2D eigenvalue weighted by Gasteiger charge is -2.11. The largest absolute Gasteiger partial charge is 0.488 e. The summed E-state index contributed by atoms with van der Waals surface area (Å²) in [6.45, 7) is 0.415. The van der Waals surface area contributed by atoms with Gasteiger partial charge in [0.25, 0.3) is 5.56 Å². The first-order valence-corrected chi connectivity index (χ1v) is 7.03. The molecule has 3 rings (SSSR count). The molecule has 3 aromatic rings. The number of H-pyrrole nitrogens is 1. The lowest BCUT2D eigenvalue weighted by atomic mass is 10.2. The number of nitriles is 1. The van der Waals surface area contributed by atoms with Crippen molar-refractivity contribution in [3.63, 3.8) is 0 Å². The molecule has 1 N–H and O–H groups in total. The van der Waals surface area contributed by atoms with Gasteiger partial charge in [0.2, 0.25) is 0 Å². The van der Waals surface area contributed by atoms with Crippen molar-refractivity contribution >= 4 is 0 Å². The van der Waals surface area contributed by atoms with Gasteiger partial charge in [0, 0.05) is 0 Å². The number of ether oxygens (including phenoxy) is 1. The highest BCUT2D eigenvalue weighted by atomic mass is 16.5. The van der Waals surface area contributed by atoms with E-state index in [2.05, 4.69) is 9.97 Å². The molecule has 23 heavy (non-hydrogen) atoms. The van der Waals surface area contributed by atoms with E-state index < -0.39 is 5.56 Å². The number of aromatic amines is 1. The van der Waals surface area contributed by atoms with Crippen LogP contribution in [0.3, 0.4) is 0 Å². The van der Waals surface area contributed by atoms with Crippen LogP contribution >= 0.6 is 0 Å². The van der Waals surface area contributed by atoms with E-state index in [0.717, 1.165) is 5.56 Å². The minimum atomic E-state index is -0.463. The average Bonchev–Trinajstić information content (AvgIpc) is 2.61. The topological polar surface area (TPSA) is 78.8 Å². The maximum atomic E-state index is 11.8. The Kier molecular flexibility index (Phi) is 4.16. The molecule has 2 aromatic carbocycles. The molecule has 0 radical (unpaired) electrons. The van der Waals surface area contributed by atoms with Gasteiger partial charge in [-0.05, 0) is 17.7 Å². The number of rotatable bonds is 4. The summed E-state index contributed by atoms with van der Waals surface area (Å²) in [7, 11) is 0. The number of nitrogens with zero attached hydrogens (tertiary/aromatic N) is 2. The first-order valence-electron chi connectivity index (χ1n) is 7.03. The molecule has 0 unspecified atom stereocenters. The molecule has 0 fully saturated rings. The van der Waals surface area contributed by atoms with Crippen LogP contribution in [0.2, 0.25) is 0 Å². The van der Waals surface area contributed by atoms with Crippen LogP contribution in [0.5, 0.6) is 5.75 Å². The average molecular weight is 303 g/mol. The van der Waals surface area contributed by atoms with Crippen molar-refractivity contribution in [3.8, 4) is 23.2 Å². The zero-order valence-electron chi connectivity index (χ0n) is 12.2. The van der Waals surface area contributed by atoms with Gasteiger partial charge in [0.1, 0.15) is 29.8 Å². The fourth-order valence-electron chi connectivity index (χ4n) is 2.13. The monoisotopic (exact) mass is 303 g/mol. The van der Waals surface area contributed by atoms with Crippen molar-refractivity contribution in [3.05, 3.63) is 82.3 Å². The molecule has 112 valence electrons. The number of nitrogens with one attached hydrogen (secondary N) is 1. The first kappa shape index (κ1) is 14.5. The smallest absolute Gasteiger partial charge is 0.269 e. The number of hydrogen-bond acceptors (Lipinski definition) is 4. The van der Waals surface area contributed by atoms with Crippen molar-refractivity contribution in [1.82, 2.24) is 9.97 Å². The van der Waals surface area contributed by atoms with Crippen LogP contribution in [0.4, 0.5) is 0 Å². The van der Waals surface area contributed by atoms with Crippen molar-refractivity contribution in [2.24, 2.45) is 0 Å². The second kappa shape index (κ2) is 6.58. The third-order valence-electron chi connectivity index (χ3n) is 3.30. The van der Waals surface area contributed by atoms with E-state index in [4.69, 9.17) is 10.00 Å². The molecule has 1 aromatic heterocycles. The summed E-state index contributed by atoms with van der Waals surface area (Å²) in [5.41, 5.74) is 1.24. The molecular formula is C18H13N3O2. The summed E-state index contributed by atoms with van der Waals surface area (Å²) >= 11 is 0. The van der Waals surface area contributed by atoms with Crippen LogP contribution in [0.1, 0.15) is 11.1 Å². The van der Waals surface area contributed by atoms with E-state index in [9.17, 15) is 4.79 Å². The molecule has 0 aliphatic heterocycles. The van der Waals surface area contributed by atoms with Crippen LogP contribution in [-0.4, -0.2) is 9.97 Å². The van der Waals surface area contributed by atoms with E-state index in [0.29, 0.717) is 23.7 Å². The highest BCUT2D eigenvalue weighted by molar-refractivity contribution is 5.63. The summed E-state index contributed by atoms with van der Waals surface area (Å²) in [4.78, 5) is 18.5. The fraction of sp³-hybridized carbons (Fsp3) is 0.0556. The van der Waals surface area contributed by atoms with Gasteiger partial charge in [0.05, 0.1) is 11.8 Å². The zero-order chi connectivity index (χ0) is 16.1. The van der Waals surface area contributed by atoms with Gasteiger partial charge in [0.15, 0.2) is 0 Å². The summed E-state index contributed by atoms with van der Waals surface area (Å²) in [6.07, 6.45) is 1.27. The molecule has 0 saturated heterocycles. The first-order chi connectivity index (χ1) is 11.3. The number of benzene rings is 2.